The van der Waals surface area contributed by atoms with Gasteiger partial charge in [0, 0.05) is 9.79 Å². The molecular weight excluding hydrogens is 288 g/mol. The predicted octanol–water partition coefficient (Wildman–Crippen LogP) is 3.64. The van der Waals surface area contributed by atoms with Crippen molar-refractivity contribution < 1.29 is 19.0 Å². The molecule has 0 saturated heterocycles. The van der Waals surface area contributed by atoms with Gasteiger partial charge in [0.2, 0.25) is 0 Å². The van der Waals surface area contributed by atoms with E-state index in [-0.39, 0.29) is 0 Å². The normalized spacial score (nSPS) is 10.0. The van der Waals surface area contributed by atoms with Gasteiger partial charge in [-0.3, -0.25) is 0 Å². The number of carbonyl (C=O) groups excluding carboxylic acids is 1. The molecule has 0 bridgehead atoms. The maximum atomic E-state index is 11.8. The number of esters is 1. The standard InChI is InChI=1S/C16H16O4S/c1-18-11-4-6-12(7-5-11)21-13-8-9-15(19-2)14(10-13)16(17)20-3/h4-10H,1-3H3. The molecule has 0 aliphatic heterocycles. The van der Waals surface area contributed by atoms with Gasteiger partial charge in [0.25, 0.3) is 0 Å². The Kier molecular flexibility index (Phi) is 5.11. The number of hydrogen-bond donors (Lipinski definition) is 0. The Hall–Kier alpha value is -2.14. The quantitative estimate of drug-likeness (QED) is 0.789. The number of methoxy groups -OCH3 is 3. The summed E-state index contributed by atoms with van der Waals surface area (Å²) >= 11 is 1.55. The lowest BCUT2D eigenvalue weighted by Gasteiger charge is -2.09. The lowest BCUT2D eigenvalue weighted by Crippen LogP contribution is -2.04. The molecule has 0 aliphatic rings. The molecule has 2 aromatic rings. The van der Waals surface area contributed by atoms with E-state index in [4.69, 9.17) is 14.2 Å². The third kappa shape index (κ3) is 3.70. The number of carbonyl (C=O) groups is 1. The first-order valence-corrected chi connectivity index (χ1v) is 7.08. The number of rotatable bonds is 5. The highest BCUT2D eigenvalue weighted by atomic mass is 32.2. The molecule has 0 atom stereocenters. The van der Waals surface area contributed by atoms with Gasteiger partial charge in [-0.1, -0.05) is 11.8 Å². The second kappa shape index (κ2) is 7.04. The van der Waals surface area contributed by atoms with Gasteiger partial charge in [-0.25, -0.2) is 4.79 Å². The maximum absolute atomic E-state index is 11.8. The zero-order valence-corrected chi connectivity index (χ0v) is 12.9. The van der Waals surface area contributed by atoms with Crippen LogP contribution >= 0.6 is 11.8 Å². The summed E-state index contributed by atoms with van der Waals surface area (Å²) in [7, 11) is 4.51. The summed E-state index contributed by atoms with van der Waals surface area (Å²) in [6.07, 6.45) is 0. The van der Waals surface area contributed by atoms with Gasteiger partial charge < -0.3 is 14.2 Å². The van der Waals surface area contributed by atoms with E-state index >= 15 is 0 Å². The van der Waals surface area contributed by atoms with Crippen molar-refractivity contribution in [2.45, 2.75) is 9.79 Å². The number of hydrogen-bond acceptors (Lipinski definition) is 5. The van der Waals surface area contributed by atoms with Crippen LogP contribution in [0.5, 0.6) is 11.5 Å². The summed E-state index contributed by atoms with van der Waals surface area (Å²) in [5.74, 6) is 0.897. The molecule has 0 radical (unpaired) electrons. The topological polar surface area (TPSA) is 44.8 Å². The highest BCUT2D eigenvalue weighted by molar-refractivity contribution is 7.99. The van der Waals surface area contributed by atoms with Crippen molar-refractivity contribution in [1.29, 1.82) is 0 Å². The van der Waals surface area contributed by atoms with E-state index in [0.29, 0.717) is 11.3 Å². The predicted molar refractivity (Wildman–Crippen MR) is 81.5 cm³/mol. The fourth-order valence-corrected chi connectivity index (χ4v) is 2.66. The largest absolute Gasteiger partial charge is 0.497 e. The average molecular weight is 304 g/mol. The van der Waals surface area contributed by atoms with Gasteiger partial charge in [-0.05, 0) is 42.5 Å². The highest BCUT2D eigenvalue weighted by Crippen LogP contribution is 2.32. The molecule has 2 rings (SSSR count). The minimum atomic E-state index is -0.413. The molecule has 0 N–H and O–H groups in total. The van der Waals surface area contributed by atoms with Crippen LogP contribution in [-0.4, -0.2) is 27.3 Å². The van der Waals surface area contributed by atoms with Crippen molar-refractivity contribution >= 4 is 17.7 Å². The fourth-order valence-electron chi connectivity index (χ4n) is 1.80. The molecule has 5 heteroatoms. The lowest BCUT2D eigenvalue weighted by molar-refractivity contribution is 0.0597. The van der Waals surface area contributed by atoms with Crippen LogP contribution in [0.1, 0.15) is 10.4 Å². The van der Waals surface area contributed by atoms with Crippen molar-refractivity contribution in [1.82, 2.24) is 0 Å². The van der Waals surface area contributed by atoms with E-state index in [9.17, 15) is 4.79 Å². The summed E-state index contributed by atoms with van der Waals surface area (Å²) in [5, 5.41) is 0. The summed E-state index contributed by atoms with van der Waals surface area (Å²) in [6, 6.07) is 13.1. The molecule has 110 valence electrons. The van der Waals surface area contributed by atoms with E-state index in [1.54, 1.807) is 31.0 Å². The summed E-state index contributed by atoms with van der Waals surface area (Å²) in [6.45, 7) is 0. The third-order valence-electron chi connectivity index (χ3n) is 2.87. The molecule has 0 saturated carbocycles. The van der Waals surface area contributed by atoms with Gasteiger partial charge in [-0.15, -0.1) is 0 Å². The summed E-state index contributed by atoms with van der Waals surface area (Å²) < 4.78 is 15.1. The van der Waals surface area contributed by atoms with Gasteiger partial charge in [0.15, 0.2) is 0 Å². The molecule has 2 aromatic carbocycles. The molecule has 0 fully saturated rings. The molecule has 0 aliphatic carbocycles. The minimum Gasteiger partial charge on any atom is -0.497 e. The van der Waals surface area contributed by atoms with Gasteiger partial charge >= 0.3 is 5.97 Å². The van der Waals surface area contributed by atoms with Crippen molar-refractivity contribution in [2.24, 2.45) is 0 Å². The molecular formula is C16H16O4S. The summed E-state index contributed by atoms with van der Waals surface area (Å²) in [5.41, 5.74) is 0.415. The van der Waals surface area contributed by atoms with E-state index in [2.05, 4.69) is 0 Å². The van der Waals surface area contributed by atoms with Crippen molar-refractivity contribution in [3.63, 3.8) is 0 Å². The highest BCUT2D eigenvalue weighted by Gasteiger charge is 2.13. The van der Waals surface area contributed by atoms with Gasteiger partial charge in [0.1, 0.15) is 17.1 Å². The SMILES string of the molecule is COC(=O)c1cc(Sc2ccc(OC)cc2)ccc1OC. The zero-order valence-electron chi connectivity index (χ0n) is 12.1. The molecule has 0 spiro atoms. The van der Waals surface area contributed by atoms with Crippen LogP contribution in [0.3, 0.4) is 0 Å². The number of ether oxygens (including phenoxy) is 3. The van der Waals surface area contributed by atoms with E-state index in [1.807, 2.05) is 30.3 Å². The second-order valence-electron chi connectivity index (χ2n) is 4.13. The van der Waals surface area contributed by atoms with E-state index < -0.39 is 5.97 Å². The summed E-state index contributed by atoms with van der Waals surface area (Å²) in [4.78, 5) is 13.7. The first kappa shape index (κ1) is 15.3. The maximum Gasteiger partial charge on any atom is 0.341 e. The van der Waals surface area contributed by atoms with Crippen molar-refractivity contribution in [2.75, 3.05) is 21.3 Å². The first-order chi connectivity index (χ1) is 10.2. The molecule has 4 nitrogen and oxygen atoms in total. The Labute approximate surface area is 128 Å². The fraction of sp³-hybridized carbons (Fsp3) is 0.188. The van der Waals surface area contributed by atoms with E-state index in [0.717, 1.165) is 15.5 Å². The van der Waals surface area contributed by atoms with Crippen LogP contribution in [-0.2, 0) is 4.74 Å². The lowest BCUT2D eigenvalue weighted by atomic mass is 10.2. The molecule has 21 heavy (non-hydrogen) atoms. The van der Waals surface area contributed by atoms with Crippen molar-refractivity contribution in [3.05, 3.63) is 48.0 Å². The Morgan fingerprint density at radius 2 is 1.57 bits per heavy atom. The molecule has 0 unspecified atom stereocenters. The van der Waals surface area contributed by atoms with Crippen LogP contribution in [0.4, 0.5) is 0 Å². The Morgan fingerprint density at radius 3 is 2.14 bits per heavy atom. The van der Waals surface area contributed by atoms with Crippen molar-refractivity contribution in [3.8, 4) is 11.5 Å². The van der Waals surface area contributed by atoms with Gasteiger partial charge in [0.05, 0.1) is 21.3 Å². The van der Waals surface area contributed by atoms with Crippen LogP contribution in [0, 0.1) is 0 Å². The third-order valence-corrected chi connectivity index (χ3v) is 3.87. The van der Waals surface area contributed by atoms with Crippen LogP contribution in [0.2, 0.25) is 0 Å². The average Bonchev–Trinajstić information content (AvgIpc) is 2.54. The van der Waals surface area contributed by atoms with Gasteiger partial charge in [-0.2, -0.15) is 0 Å². The minimum absolute atomic E-state index is 0.413. The molecule has 0 aromatic heterocycles. The zero-order chi connectivity index (χ0) is 15.2. The monoisotopic (exact) mass is 304 g/mol. The Morgan fingerprint density at radius 1 is 0.905 bits per heavy atom. The first-order valence-electron chi connectivity index (χ1n) is 6.26. The van der Waals surface area contributed by atoms with Crippen LogP contribution < -0.4 is 9.47 Å². The molecule has 0 heterocycles. The van der Waals surface area contributed by atoms with E-state index in [1.165, 1.54) is 14.2 Å². The second-order valence-corrected chi connectivity index (χ2v) is 5.28. The Bertz CT molecular complexity index is 623. The molecule has 0 amide bonds. The number of benzene rings is 2. The van der Waals surface area contributed by atoms with Crippen LogP contribution in [0.25, 0.3) is 0 Å². The Balaban J connectivity index is 2.25. The van der Waals surface area contributed by atoms with Crippen LogP contribution in [0.15, 0.2) is 52.3 Å². The smallest absolute Gasteiger partial charge is 0.341 e.